The average molecular weight is 356 g/mol. The van der Waals surface area contributed by atoms with Gasteiger partial charge in [-0.3, -0.25) is 4.90 Å². The fourth-order valence-electron chi connectivity index (χ4n) is 2.32. The molecule has 1 aliphatic rings. The number of aryl methyl sites for hydroxylation is 1. The number of nitrogens with one attached hydrogen (secondary N) is 1. The maximum Gasteiger partial charge on any atom is 0.321 e. The third-order valence-electron chi connectivity index (χ3n) is 3.68. The number of carbonyl (C=O) groups is 1. The summed E-state index contributed by atoms with van der Waals surface area (Å²) in [6.45, 7) is 6.99. The number of carbonyl (C=O) groups excluding carboxylic acids is 1. The second-order valence-electron chi connectivity index (χ2n) is 5.22. The minimum atomic E-state index is -0.0249. The molecule has 1 aromatic rings. The zero-order chi connectivity index (χ0) is 15.2. The fraction of sp³-hybridized carbons (Fsp3) is 0.533. The molecule has 0 bridgehead atoms. The third-order valence-corrected chi connectivity index (χ3v) is 4.57. The van der Waals surface area contributed by atoms with Crippen LogP contribution in [0.3, 0.4) is 0 Å². The summed E-state index contributed by atoms with van der Waals surface area (Å²) in [5.41, 5.74) is 1.94. The van der Waals surface area contributed by atoms with Crippen molar-refractivity contribution >= 4 is 27.6 Å². The molecule has 6 heteroatoms. The molecular formula is C15H22BrN3O2. The molecule has 1 saturated heterocycles. The largest absolute Gasteiger partial charge is 0.383 e. The van der Waals surface area contributed by atoms with Gasteiger partial charge in [-0.2, -0.15) is 0 Å². The number of rotatable bonds is 4. The number of methoxy groups -OCH3 is 1. The monoisotopic (exact) mass is 355 g/mol. The third kappa shape index (κ3) is 4.69. The Balaban J connectivity index is 1.83. The molecule has 0 saturated carbocycles. The first-order valence-corrected chi connectivity index (χ1v) is 7.93. The standard InChI is InChI=1S/C15H22BrN3O2/c1-12-11-13(3-4-14(12)16)17-15(20)19-7-5-18(6-8-19)9-10-21-2/h3-4,11H,5-10H2,1-2H3,(H,17,20). The number of amides is 2. The molecule has 0 radical (unpaired) electrons. The number of ether oxygens (including phenoxy) is 1. The van der Waals surface area contributed by atoms with Crippen LogP contribution in [0.15, 0.2) is 22.7 Å². The lowest BCUT2D eigenvalue weighted by molar-refractivity contribution is 0.109. The van der Waals surface area contributed by atoms with E-state index in [1.165, 1.54) is 0 Å². The number of hydrogen-bond donors (Lipinski definition) is 1. The fourth-order valence-corrected chi connectivity index (χ4v) is 2.57. The summed E-state index contributed by atoms with van der Waals surface area (Å²) in [7, 11) is 1.71. The van der Waals surface area contributed by atoms with E-state index in [9.17, 15) is 4.79 Å². The van der Waals surface area contributed by atoms with Gasteiger partial charge in [0.2, 0.25) is 0 Å². The van der Waals surface area contributed by atoms with Crippen LogP contribution in [0.2, 0.25) is 0 Å². The summed E-state index contributed by atoms with van der Waals surface area (Å²) >= 11 is 3.46. The second-order valence-corrected chi connectivity index (χ2v) is 6.07. The normalized spacial score (nSPS) is 16.0. The van der Waals surface area contributed by atoms with E-state index in [2.05, 4.69) is 26.1 Å². The molecule has 0 aliphatic carbocycles. The minimum absolute atomic E-state index is 0.0249. The highest BCUT2D eigenvalue weighted by atomic mass is 79.9. The quantitative estimate of drug-likeness (QED) is 0.902. The minimum Gasteiger partial charge on any atom is -0.383 e. The van der Waals surface area contributed by atoms with E-state index in [0.29, 0.717) is 0 Å². The molecule has 0 unspecified atom stereocenters. The summed E-state index contributed by atoms with van der Waals surface area (Å²) in [4.78, 5) is 16.4. The van der Waals surface area contributed by atoms with E-state index in [-0.39, 0.29) is 6.03 Å². The molecule has 1 aromatic carbocycles. The van der Waals surface area contributed by atoms with Crippen molar-refractivity contribution < 1.29 is 9.53 Å². The van der Waals surface area contributed by atoms with E-state index in [4.69, 9.17) is 4.74 Å². The summed E-state index contributed by atoms with van der Waals surface area (Å²) in [5, 5.41) is 2.96. The van der Waals surface area contributed by atoms with Crippen LogP contribution in [0.25, 0.3) is 0 Å². The van der Waals surface area contributed by atoms with Gasteiger partial charge in [-0.1, -0.05) is 15.9 Å². The van der Waals surface area contributed by atoms with Crippen LogP contribution in [-0.2, 0) is 4.74 Å². The number of piperazine rings is 1. The highest BCUT2D eigenvalue weighted by Gasteiger charge is 2.20. The van der Waals surface area contributed by atoms with Gasteiger partial charge in [-0.25, -0.2) is 4.79 Å². The van der Waals surface area contributed by atoms with Crippen molar-refractivity contribution in [3.63, 3.8) is 0 Å². The molecular weight excluding hydrogens is 334 g/mol. The van der Waals surface area contributed by atoms with Crippen LogP contribution in [0, 0.1) is 6.92 Å². The Labute approximate surface area is 134 Å². The molecule has 0 atom stereocenters. The van der Waals surface area contributed by atoms with Crippen molar-refractivity contribution in [3.8, 4) is 0 Å². The number of halogens is 1. The molecule has 0 aromatic heterocycles. The lowest BCUT2D eigenvalue weighted by Gasteiger charge is -2.34. The van der Waals surface area contributed by atoms with Crippen molar-refractivity contribution in [1.82, 2.24) is 9.80 Å². The van der Waals surface area contributed by atoms with E-state index in [1.807, 2.05) is 30.0 Å². The summed E-state index contributed by atoms with van der Waals surface area (Å²) in [5.74, 6) is 0. The molecule has 0 spiro atoms. The molecule has 1 N–H and O–H groups in total. The first-order valence-electron chi connectivity index (χ1n) is 7.13. The highest BCUT2D eigenvalue weighted by Crippen LogP contribution is 2.20. The summed E-state index contributed by atoms with van der Waals surface area (Å²) in [6, 6.07) is 5.80. The van der Waals surface area contributed by atoms with E-state index < -0.39 is 0 Å². The van der Waals surface area contributed by atoms with Gasteiger partial charge in [0, 0.05) is 50.0 Å². The molecule has 2 amide bonds. The lowest BCUT2D eigenvalue weighted by atomic mass is 10.2. The van der Waals surface area contributed by atoms with Gasteiger partial charge < -0.3 is 15.0 Å². The average Bonchev–Trinajstić information content (AvgIpc) is 2.49. The molecule has 116 valence electrons. The SMILES string of the molecule is COCCN1CCN(C(=O)Nc2ccc(Br)c(C)c2)CC1. The van der Waals surface area contributed by atoms with Gasteiger partial charge in [-0.15, -0.1) is 0 Å². The number of urea groups is 1. The smallest absolute Gasteiger partial charge is 0.321 e. The Morgan fingerprint density at radius 3 is 2.67 bits per heavy atom. The molecule has 21 heavy (non-hydrogen) atoms. The van der Waals surface area contributed by atoms with Crippen molar-refractivity contribution in [3.05, 3.63) is 28.2 Å². The maximum atomic E-state index is 12.2. The van der Waals surface area contributed by atoms with Crippen LogP contribution in [0.1, 0.15) is 5.56 Å². The van der Waals surface area contributed by atoms with Crippen molar-refractivity contribution in [2.75, 3.05) is 51.8 Å². The van der Waals surface area contributed by atoms with Crippen molar-refractivity contribution in [2.24, 2.45) is 0 Å². The van der Waals surface area contributed by atoms with Crippen LogP contribution >= 0.6 is 15.9 Å². The Morgan fingerprint density at radius 2 is 2.05 bits per heavy atom. The highest BCUT2D eigenvalue weighted by molar-refractivity contribution is 9.10. The van der Waals surface area contributed by atoms with Crippen LogP contribution in [0.5, 0.6) is 0 Å². The first kappa shape index (κ1) is 16.3. The van der Waals surface area contributed by atoms with E-state index in [1.54, 1.807) is 7.11 Å². The van der Waals surface area contributed by atoms with Crippen molar-refractivity contribution in [1.29, 1.82) is 0 Å². The van der Waals surface area contributed by atoms with Gasteiger partial charge in [0.1, 0.15) is 0 Å². The first-order chi connectivity index (χ1) is 10.1. The van der Waals surface area contributed by atoms with Crippen LogP contribution in [0.4, 0.5) is 10.5 Å². The van der Waals surface area contributed by atoms with Crippen molar-refractivity contribution in [2.45, 2.75) is 6.92 Å². The zero-order valence-electron chi connectivity index (χ0n) is 12.6. The zero-order valence-corrected chi connectivity index (χ0v) is 14.1. The van der Waals surface area contributed by atoms with Gasteiger partial charge in [-0.05, 0) is 30.7 Å². The maximum absolute atomic E-state index is 12.2. The Morgan fingerprint density at radius 1 is 1.33 bits per heavy atom. The number of benzene rings is 1. The second kappa shape index (κ2) is 7.77. The summed E-state index contributed by atoms with van der Waals surface area (Å²) < 4.78 is 6.13. The van der Waals surface area contributed by atoms with Crippen LogP contribution in [-0.4, -0.2) is 62.3 Å². The Bertz CT molecular complexity index is 488. The number of nitrogens with zero attached hydrogens (tertiary/aromatic N) is 2. The van der Waals surface area contributed by atoms with E-state index >= 15 is 0 Å². The molecule has 1 fully saturated rings. The van der Waals surface area contributed by atoms with E-state index in [0.717, 1.165) is 55.1 Å². The topological polar surface area (TPSA) is 44.8 Å². The Kier molecular flexibility index (Phi) is 6.02. The predicted octanol–water partition coefficient (Wildman–Crippen LogP) is 2.55. The number of hydrogen-bond acceptors (Lipinski definition) is 3. The van der Waals surface area contributed by atoms with Crippen LogP contribution < -0.4 is 5.32 Å². The molecule has 1 aliphatic heterocycles. The molecule has 2 rings (SSSR count). The lowest BCUT2D eigenvalue weighted by Crippen LogP contribution is -2.50. The van der Waals surface area contributed by atoms with Gasteiger partial charge in [0.05, 0.1) is 6.61 Å². The van der Waals surface area contributed by atoms with Gasteiger partial charge in [0.15, 0.2) is 0 Å². The van der Waals surface area contributed by atoms with Gasteiger partial charge >= 0.3 is 6.03 Å². The summed E-state index contributed by atoms with van der Waals surface area (Å²) in [6.07, 6.45) is 0. The van der Waals surface area contributed by atoms with Gasteiger partial charge in [0.25, 0.3) is 0 Å². The predicted molar refractivity (Wildman–Crippen MR) is 87.8 cm³/mol. The Hall–Kier alpha value is -1.11. The molecule has 5 nitrogen and oxygen atoms in total. The molecule has 1 heterocycles. The number of anilines is 1.